The van der Waals surface area contributed by atoms with Crippen LogP contribution >= 0.6 is 0 Å². The number of carbonyl (C=O) groups excluding carboxylic acids is 1. The standard InChI is InChI=1S/C13H13F3N2O2/c14-13(15,16)6-8-20-7-5-12(19)18-11-3-1-10(9-17)2-4-11/h1-4H,5-8H2,(H,18,19). The van der Waals surface area contributed by atoms with Crippen molar-refractivity contribution in [3.05, 3.63) is 29.8 Å². The second-order valence-corrected chi connectivity index (χ2v) is 3.96. The molecule has 0 bridgehead atoms. The van der Waals surface area contributed by atoms with Crippen molar-refractivity contribution in [3.63, 3.8) is 0 Å². The van der Waals surface area contributed by atoms with Gasteiger partial charge in [0.2, 0.25) is 5.91 Å². The number of rotatable bonds is 6. The molecule has 0 atom stereocenters. The summed E-state index contributed by atoms with van der Waals surface area (Å²) < 4.78 is 40.2. The van der Waals surface area contributed by atoms with Crippen molar-refractivity contribution >= 4 is 11.6 Å². The van der Waals surface area contributed by atoms with E-state index in [-0.39, 0.29) is 18.9 Å². The van der Waals surface area contributed by atoms with E-state index in [4.69, 9.17) is 10.00 Å². The number of nitrogens with zero attached hydrogens (tertiary/aromatic N) is 1. The van der Waals surface area contributed by atoms with Gasteiger partial charge in [0, 0.05) is 5.69 Å². The first-order valence-corrected chi connectivity index (χ1v) is 5.85. The molecule has 1 amide bonds. The SMILES string of the molecule is N#Cc1ccc(NC(=O)CCOCCC(F)(F)F)cc1. The van der Waals surface area contributed by atoms with Gasteiger partial charge in [-0.3, -0.25) is 4.79 Å². The van der Waals surface area contributed by atoms with Crippen LogP contribution in [0.5, 0.6) is 0 Å². The highest BCUT2D eigenvalue weighted by Gasteiger charge is 2.26. The lowest BCUT2D eigenvalue weighted by molar-refractivity contribution is -0.145. The van der Waals surface area contributed by atoms with Crippen molar-refractivity contribution in [2.45, 2.75) is 19.0 Å². The number of ether oxygens (including phenoxy) is 1. The van der Waals surface area contributed by atoms with Gasteiger partial charge in [0.1, 0.15) is 0 Å². The average Bonchev–Trinajstić information content (AvgIpc) is 2.38. The van der Waals surface area contributed by atoms with Crippen molar-refractivity contribution in [1.82, 2.24) is 0 Å². The van der Waals surface area contributed by atoms with E-state index in [2.05, 4.69) is 5.32 Å². The summed E-state index contributed by atoms with van der Waals surface area (Å²) in [5.74, 6) is -0.360. The zero-order valence-electron chi connectivity index (χ0n) is 10.5. The van der Waals surface area contributed by atoms with Crippen LogP contribution in [0.2, 0.25) is 0 Å². The molecular weight excluding hydrogens is 273 g/mol. The molecule has 0 saturated heterocycles. The lowest BCUT2D eigenvalue weighted by atomic mass is 10.2. The maximum atomic E-state index is 11.8. The van der Waals surface area contributed by atoms with Crippen LogP contribution in [0, 0.1) is 11.3 Å². The fraction of sp³-hybridized carbons (Fsp3) is 0.385. The lowest BCUT2D eigenvalue weighted by Gasteiger charge is -2.08. The Bertz CT molecular complexity index is 478. The second-order valence-electron chi connectivity index (χ2n) is 3.96. The molecule has 0 fully saturated rings. The van der Waals surface area contributed by atoms with Crippen LogP contribution in [0.25, 0.3) is 0 Å². The van der Waals surface area contributed by atoms with E-state index >= 15 is 0 Å². The Morgan fingerprint density at radius 3 is 2.45 bits per heavy atom. The number of hydrogen-bond acceptors (Lipinski definition) is 3. The minimum absolute atomic E-state index is 0.0299. The molecule has 0 aromatic heterocycles. The summed E-state index contributed by atoms with van der Waals surface area (Å²) in [5, 5.41) is 11.2. The van der Waals surface area contributed by atoms with E-state index in [0.29, 0.717) is 11.3 Å². The molecule has 0 radical (unpaired) electrons. The third kappa shape index (κ3) is 6.75. The predicted octanol–water partition coefficient (Wildman–Crippen LogP) is 2.86. The molecule has 1 aromatic rings. The number of alkyl halides is 3. The number of amides is 1. The van der Waals surface area contributed by atoms with Crippen LogP contribution in [-0.4, -0.2) is 25.3 Å². The van der Waals surface area contributed by atoms with Crippen molar-refractivity contribution in [2.24, 2.45) is 0 Å². The van der Waals surface area contributed by atoms with Gasteiger partial charge in [-0.25, -0.2) is 0 Å². The van der Waals surface area contributed by atoms with Crippen LogP contribution in [0.1, 0.15) is 18.4 Å². The van der Waals surface area contributed by atoms with Crippen molar-refractivity contribution in [3.8, 4) is 6.07 Å². The van der Waals surface area contributed by atoms with Crippen LogP contribution in [0.3, 0.4) is 0 Å². The molecule has 0 aliphatic heterocycles. The minimum Gasteiger partial charge on any atom is -0.381 e. The first-order chi connectivity index (χ1) is 9.40. The highest BCUT2D eigenvalue weighted by molar-refractivity contribution is 5.90. The van der Waals surface area contributed by atoms with Crippen molar-refractivity contribution in [2.75, 3.05) is 18.5 Å². The monoisotopic (exact) mass is 286 g/mol. The van der Waals surface area contributed by atoms with E-state index in [1.807, 2.05) is 6.07 Å². The van der Waals surface area contributed by atoms with Crippen LogP contribution < -0.4 is 5.32 Å². The fourth-order valence-corrected chi connectivity index (χ4v) is 1.31. The summed E-state index contributed by atoms with van der Waals surface area (Å²) in [5.41, 5.74) is 0.989. The quantitative estimate of drug-likeness (QED) is 0.818. The highest BCUT2D eigenvalue weighted by Crippen LogP contribution is 2.18. The smallest absolute Gasteiger partial charge is 0.381 e. The number of anilines is 1. The van der Waals surface area contributed by atoms with E-state index in [9.17, 15) is 18.0 Å². The van der Waals surface area contributed by atoms with Gasteiger partial charge < -0.3 is 10.1 Å². The van der Waals surface area contributed by atoms with E-state index < -0.39 is 19.2 Å². The average molecular weight is 286 g/mol. The normalized spacial score (nSPS) is 10.9. The summed E-state index contributed by atoms with van der Waals surface area (Å²) in [7, 11) is 0. The molecule has 1 aromatic carbocycles. The van der Waals surface area contributed by atoms with Gasteiger partial charge in [-0.2, -0.15) is 18.4 Å². The van der Waals surface area contributed by atoms with Crippen LogP contribution in [0.4, 0.5) is 18.9 Å². The molecule has 0 unspecified atom stereocenters. The topological polar surface area (TPSA) is 62.1 Å². The maximum absolute atomic E-state index is 11.8. The molecule has 7 heteroatoms. The minimum atomic E-state index is -4.25. The first kappa shape index (κ1) is 16.0. The Balaban J connectivity index is 2.22. The van der Waals surface area contributed by atoms with E-state index in [1.54, 1.807) is 24.3 Å². The van der Waals surface area contributed by atoms with Gasteiger partial charge in [-0.15, -0.1) is 0 Å². The Morgan fingerprint density at radius 2 is 1.90 bits per heavy atom. The lowest BCUT2D eigenvalue weighted by Crippen LogP contribution is -2.16. The summed E-state index contributed by atoms with van der Waals surface area (Å²) in [6, 6.07) is 8.19. The third-order valence-corrected chi connectivity index (χ3v) is 2.30. The number of benzene rings is 1. The van der Waals surface area contributed by atoms with Gasteiger partial charge in [0.05, 0.1) is 37.7 Å². The number of nitrogens with one attached hydrogen (secondary N) is 1. The Morgan fingerprint density at radius 1 is 1.25 bits per heavy atom. The van der Waals surface area contributed by atoms with E-state index in [0.717, 1.165) is 0 Å². The molecule has 0 spiro atoms. The highest BCUT2D eigenvalue weighted by atomic mass is 19.4. The molecular formula is C13H13F3N2O2. The number of halogens is 3. The molecule has 4 nitrogen and oxygen atoms in total. The Hall–Kier alpha value is -2.07. The molecule has 1 rings (SSSR count). The summed E-state index contributed by atoms with van der Waals surface area (Å²) in [6.07, 6.45) is -5.30. The number of hydrogen-bond donors (Lipinski definition) is 1. The molecule has 0 aliphatic carbocycles. The fourth-order valence-electron chi connectivity index (χ4n) is 1.31. The summed E-state index contributed by atoms with van der Waals surface area (Å²) in [6.45, 7) is -0.522. The van der Waals surface area contributed by atoms with Gasteiger partial charge >= 0.3 is 6.18 Å². The first-order valence-electron chi connectivity index (χ1n) is 5.85. The van der Waals surface area contributed by atoms with Gasteiger partial charge in [-0.05, 0) is 24.3 Å². The zero-order chi connectivity index (χ0) is 15.0. The van der Waals surface area contributed by atoms with Gasteiger partial charge in [-0.1, -0.05) is 0 Å². The number of nitriles is 1. The molecule has 1 N–H and O–H groups in total. The summed E-state index contributed by atoms with van der Waals surface area (Å²) in [4.78, 5) is 11.4. The summed E-state index contributed by atoms with van der Waals surface area (Å²) >= 11 is 0. The molecule has 20 heavy (non-hydrogen) atoms. The maximum Gasteiger partial charge on any atom is 0.391 e. The van der Waals surface area contributed by atoms with Gasteiger partial charge in [0.15, 0.2) is 0 Å². The molecule has 0 aliphatic rings. The second kappa shape index (κ2) is 7.50. The van der Waals surface area contributed by atoms with E-state index in [1.165, 1.54) is 0 Å². The molecule has 0 heterocycles. The van der Waals surface area contributed by atoms with Crippen molar-refractivity contribution < 1.29 is 22.7 Å². The Labute approximate surface area is 114 Å². The Kier molecular flexibility index (Phi) is 6.00. The predicted molar refractivity (Wildman–Crippen MR) is 65.9 cm³/mol. The van der Waals surface area contributed by atoms with Crippen LogP contribution in [0.15, 0.2) is 24.3 Å². The third-order valence-electron chi connectivity index (χ3n) is 2.30. The zero-order valence-corrected chi connectivity index (χ0v) is 10.5. The van der Waals surface area contributed by atoms with Crippen LogP contribution in [-0.2, 0) is 9.53 Å². The number of carbonyl (C=O) groups is 1. The molecule has 108 valence electrons. The molecule has 0 saturated carbocycles. The van der Waals surface area contributed by atoms with Gasteiger partial charge in [0.25, 0.3) is 0 Å². The van der Waals surface area contributed by atoms with Crippen molar-refractivity contribution in [1.29, 1.82) is 5.26 Å². The largest absolute Gasteiger partial charge is 0.391 e.